The highest BCUT2D eigenvalue weighted by molar-refractivity contribution is 5.97. The van der Waals surface area contributed by atoms with Gasteiger partial charge in [0.2, 0.25) is 0 Å². The number of ether oxygens (including phenoxy) is 1. The van der Waals surface area contributed by atoms with Gasteiger partial charge in [0, 0.05) is 22.9 Å². The number of nitrogens with one attached hydrogen (secondary N) is 1. The molecule has 1 aromatic heterocycles. The number of carbonyl (C=O) groups is 1. The third kappa shape index (κ3) is 1.71. The Bertz CT molecular complexity index is 867. The van der Waals surface area contributed by atoms with E-state index < -0.39 is 5.97 Å². The smallest absolute Gasteiger partial charge is 0.354 e. The highest BCUT2D eigenvalue weighted by Gasteiger charge is 2.25. The molecule has 0 bridgehead atoms. The summed E-state index contributed by atoms with van der Waals surface area (Å²) in [5.74, 6) is -0.219. The minimum absolute atomic E-state index is 0.148. The number of aromatic nitrogens is 2. The van der Waals surface area contributed by atoms with Crippen LogP contribution in [0.1, 0.15) is 16.1 Å². The fourth-order valence-corrected chi connectivity index (χ4v) is 2.85. The highest BCUT2D eigenvalue weighted by atomic mass is 16.5. The third-order valence-electron chi connectivity index (χ3n) is 3.81. The van der Waals surface area contributed by atoms with Gasteiger partial charge in [0.05, 0.1) is 6.61 Å². The molecule has 0 atom stereocenters. The number of fused-ring (bicyclic) bond motifs is 5. The fourth-order valence-electron chi connectivity index (χ4n) is 2.85. The second kappa shape index (κ2) is 4.34. The molecule has 0 spiro atoms. The van der Waals surface area contributed by atoms with Gasteiger partial charge in [-0.1, -0.05) is 30.3 Å². The predicted molar refractivity (Wildman–Crippen MR) is 77.7 cm³/mol. The maximum atomic E-state index is 11.3. The lowest BCUT2D eigenvalue weighted by atomic mass is 10.00. The van der Waals surface area contributed by atoms with Crippen molar-refractivity contribution in [2.75, 3.05) is 6.61 Å². The molecule has 3 aromatic rings. The van der Waals surface area contributed by atoms with Crippen molar-refractivity contribution in [1.82, 2.24) is 10.2 Å². The zero-order valence-corrected chi connectivity index (χ0v) is 11.1. The van der Waals surface area contributed by atoms with Crippen LogP contribution in [0.3, 0.4) is 0 Å². The second-order valence-corrected chi connectivity index (χ2v) is 4.99. The van der Waals surface area contributed by atoms with Crippen molar-refractivity contribution in [3.05, 3.63) is 47.7 Å². The summed E-state index contributed by atoms with van der Waals surface area (Å²) in [5, 5.41) is 18.2. The van der Waals surface area contributed by atoms with Crippen molar-refractivity contribution in [1.29, 1.82) is 0 Å². The summed E-state index contributed by atoms with van der Waals surface area (Å²) in [6.45, 7) is 0.438. The molecule has 21 heavy (non-hydrogen) atoms. The lowest BCUT2D eigenvalue weighted by Gasteiger charge is -2.10. The average molecular weight is 280 g/mol. The van der Waals surface area contributed by atoms with Gasteiger partial charge in [0.25, 0.3) is 0 Å². The van der Waals surface area contributed by atoms with E-state index in [1.807, 2.05) is 36.4 Å². The number of H-pyrrole nitrogens is 1. The highest BCUT2D eigenvalue weighted by Crippen LogP contribution is 2.40. The molecule has 0 unspecified atom stereocenters. The molecule has 1 aliphatic heterocycles. The largest absolute Gasteiger partial charge is 0.492 e. The van der Waals surface area contributed by atoms with Gasteiger partial charge in [-0.25, -0.2) is 4.79 Å². The zero-order chi connectivity index (χ0) is 14.4. The minimum Gasteiger partial charge on any atom is -0.492 e. The Morgan fingerprint density at radius 3 is 2.95 bits per heavy atom. The number of aromatic amines is 1. The molecule has 0 aliphatic carbocycles. The summed E-state index contributed by atoms with van der Waals surface area (Å²) in [6.07, 6.45) is 0.524. The van der Waals surface area contributed by atoms with E-state index in [1.165, 1.54) is 0 Å². The van der Waals surface area contributed by atoms with E-state index in [1.54, 1.807) is 0 Å². The van der Waals surface area contributed by atoms with Crippen molar-refractivity contribution < 1.29 is 14.6 Å². The van der Waals surface area contributed by atoms with E-state index in [0.29, 0.717) is 24.3 Å². The molecule has 5 nitrogen and oxygen atoms in total. The summed E-state index contributed by atoms with van der Waals surface area (Å²) in [5.41, 5.74) is 2.36. The molecule has 2 N–H and O–H groups in total. The van der Waals surface area contributed by atoms with Crippen molar-refractivity contribution >= 4 is 16.7 Å². The Labute approximate surface area is 120 Å². The Balaban J connectivity index is 2.03. The topological polar surface area (TPSA) is 75.2 Å². The van der Waals surface area contributed by atoms with Crippen LogP contribution >= 0.6 is 0 Å². The molecule has 2 heterocycles. The lowest BCUT2D eigenvalue weighted by Crippen LogP contribution is -2.05. The van der Waals surface area contributed by atoms with E-state index >= 15 is 0 Å². The maximum Gasteiger partial charge on any atom is 0.354 e. The van der Waals surface area contributed by atoms with E-state index in [-0.39, 0.29) is 5.69 Å². The molecule has 0 saturated heterocycles. The minimum atomic E-state index is -0.993. The van der Waals surface area contributed by atoms with E-state index in [4.69, 9.17) is 4.74 Å². The maximum absolute atomic E-state index is 11.3. The van der Waals surface area contributed by atoms with Gasteiger partial charge in [-0.05, 0) is 11.5 Å². The van der Waals surface area contributed by atoms with Crippen LogP contribution in [-0.2, 0) is 6.42 Å². The van der Waals surface area contributed by atoms with E-state index in [2.05, 4.69) is 10.2 Å². The molecule has 4 rings (SSSR count). The van der Waals surface area contributed by atoms with Crippen LogP contribution in [-0.4, -0.2) is 27.9 Å². The fraction of sp³-hybridized carbons (Fsp3) is 0.125. The van der Waals surface area contributed by atoms with Gasteiger partial charge in [0.1, 0.15) is 17.1 Å². The van der Waals surface area contributed by atoms with Crippen LogP contribution < -0.4 is 4.74 Å². The summed E-state index contributed by atoms with van der Waals surface area (Å²) in [4.78, 5) is 11.3. The summed E-state index contributed by atoms with van der Waals surface area (Å²) >= 11 is 0. The second-order valence-electron chi connectivity index (χ2n) is 4.99. The third-order valence-corrected chi connectivity index (χ3v) is 3.81. The number of rotatable bonds is 1. The van der Waals surface area contributed by atoms with Gasteiger partial charge in [-0.3, -0.25) is 5.10 Å². The number of hydrogen-bond acceptors (Lipinski definition) is 3. The van der Waals surface area contributed by atoms with Crippen LogP contribution in [0.2, 0.25) is 0 Å². The molecule has 1 aliphatic rings. The number of carboxylic acid groups (broad SMARTS) is 1. The lowest BCUT2D eigenvalue weighted by molar-refractivity contribution is 0.0689. The first-order valence-electron chi connectivity index (χ1n) is 6.71. The normalized spacial score (nSPS) is 13.1. The van der Waals surface area contributed by atoms with Crippen molar-refractivity contribution in [2.24, 2.45) is 0 Å². The Morgan fingerprint density at radius 2 is 2.10 bits per heavy atom. The molecule has 104 valence electrons. The Morgan fingerprint density at radius 1 is 1.24 bits per heavy atom. The number of aromatic carboxylic acids is 1. The SMILES string of the molecule is O=C(O)c1[nH]nc2c1CCOc1c-2ccc2ccccc12. The molecule has 0 saturated carbocycles. The number of nitrogens with zero attached hydrogens (tertiary/aromatic N) is 1. The molecule has 0 radical (unpaired) electrons. The first kappa shape index (κ1) is 12.0. The molecular formula is C16H12N2O3. The average Bonchev–Trinajstić information content (AvgIpc) is 2.83. The number of hydrogen-bond donors (Lipinski definition) is 2. The Hall–Kier alpha value is -2.82. The molecule has 0 amide bonds. The number of carboxylic acids is 1. The van der Waals surface area contributed by atoms with Gasteiger partial charge < -0.3 is 9.84 Å². The van der Waals surface area contributed by atoms with Crippen molar-refractivity contribution in [3.63, 3.8) is 0 Å². The van der Waals surface area contributed by atoms with Crippen LogP contribution in [0.4, 0.5) is 0 Å². The van der Waals surface area contributed by atoms with Gasteiger partial charge in [-0.2, -0.15) is 5.10 Å². The van der Waals surface area contributed by atoms with Gasteiger partial charge in [0.15, 0.2) is 0 Å². The predicted octanol–water partition coefficient (Wildman–Crippen LogP) is 2.86. The van der Waals surface area contributed by atoms with Crippen LogP contribution in [0.5, 0.6) is 5.75 Å². The van der Waals surface area contributed by atoms with Crippen LogP contribution in [0.15, 0.2) is 36.4 Å². The van der Waals surface area contributed by atoms with Crippen LogP contribution in [0, 0.1) is 0 Å². The summed E-state index contributed by atoms with van der Waals surface area (Å²) in [7, 11) is 0. The molecular weight excluding hydrogens is 268 g/mol. The number of benzene rings is 2. The Kier molecular flexibility index (Phi) is 2.47. The zero-order valence-electron chi connectivity index (χ0n) is 11.1. The monoisotopic (exact) mass is 280 g/mol. The first-order valence-corrected chi connectivity index (χ1v) is 6.71. The van der Waals surface area contributed by atoms with Crippen molar-refractivity contribution in [2.45, 2.75) is 6.42 Å². The molecule has 0 fully saturated rings. The molecule has 2 aromatic carbocycles. The molecule has 5 heteroatoms. The summed E-state index contributed by atoms with van der Waals surface area (Å²) < 4.78 is 5.89. The van der Waals surface area contributed by atoms with Gasteiger partial charge in [-0.15, -0.1) is 0 Å². The quantitative estimate of drug-likeness (QED) is 0.718. The summed E-state index contributed by atoms with van der Waals surface area (Å²) in [6, 6.07) is 11.9. The van der Waals surface area contributed by atoms with Gasteiger partial charge >= 0.3 is 5.97 Å². The standard InChI is InChI=1S/C16H12N2O3/c19-16(20)14-11-7-8-21-15-10-4-2-1-3-9(10)5-6-12(15)13(11)17-18-14/h1-6H,7-8H2,(H,17,18)(H,19,20). The van der Waals surface area contributed by atoms with E-state index in [0.717, 1.165) is 22.1 Å². The van der Waals surface area contributed by atoms with E-state index in [9.17, 15) is 9.90 Å². The van der Waals surface area contributed by atoms with Crippen molar-refractivity contribution in [3.8, 4) is 17.0 Å². The first-order chi connectivity index (χ1) is 10.3. The van der Waals surface area contributed by atoms with Crippen LogP contribution in [0.25, 0.3) is 22.0 Å².